The Morgan fingerprint density at radius 2 is 1.50 bits per heavy atom. The number of rotatable bonds is 8. The van der Waals surface area contributed by atoms with Crippen LogP contribution in [0.3, 0.4) is 0 Å². The number of anilines is 1. The van der Waals surface area contributed by atoms with Gasteiger partial charge in [0.15, 0.2) is 5.78 Å². The van der Waals surface area contributed by atoms with E-state index in [0.29, 0.717) is 29.1 Å². The molecule has 2 atom stereocenters. The minimum absolute atomic E-state index is 0.0579. The first-order valence-corrected chi connectivity index (χ1v) is 14.6. The summed E-state index contributed by atoms with van der Waals surface area (Å²) < 4.78 is 79.6. The van der Waals surface area contributed by atoms with E-state index in [-0.39, 0.29) is 24.1 Å². The average molecular weight is 676 g/mol. The van der Waals surface area contributed by atoms with E-state index in [9.17, 15) is 45.5 Å². The van der Waals surface area contributed by atoms with Gasteiger partial charge in [-0.25, -0.2) is 4.99 Å². The summed E-state index contributed by atoms with van der Waals surface area (Å²) in [6.45, 7) is 5.91. The van der Waals surface area contributed by atoms with Crippen LogP contribution in [0, 0.1) is 5.41 Å². The second kappa shape index (κ2) is 13.6. The predicted octanol–water partition coefficient (Wildman–Crippen LogP) is 5.11. The normalized spacial score (nSPS) is 16.0. The first-order chi connectivity index (χ1) is 22.3. The molecule has 15 heteroatoms. The van der Waals surface area contributed by atoms with Gasteiger partial charge in [-0.3, -0.25) is 24.2 Å². The van der Waals surface area contributed by atoms with Crippen LogP contribution in [0.4, 0.5) is 32.0 Å². The second-order valence-corrected chi connectivity index (χ2v) is 12.1. The quantitative estimate of drug-likeness (QED) is 0.322. The molecule has 1 unspecified atom stereocenters. The third-order valence-corrected chi connectivity index (χ3v) is 7.32. The van der Waals surface area contributed by atoms with Gasteiger partial charge in [-0.05, 0) is 48.9 Å². The van der Waals surface area contributed by atoms with Crippen molar-refractivity contribution < 1.29 is 45.5 Å². The lowest BCUT2D eigenvalue weighted by Gasteiger charge is -2.28. The van der Waals surface area contributed by atoms with Crippen LogP contribution in [-0.4, -0.2) is 53.0 Å². The third-order valence-electron chi connectivity index (χ3n) is 7.32. The number of carbonyl (C=O) groups is 4. The number of nitrogens with one attached hydrogen (secondary N) is 2. The van der Waals surface area contributed by atoms with Gasteiger partial charge in [-0.1, -0.05) is 45.0 Å². The summed E-state index contributed by atoms with van der Waals surface area (Å²) in [5.41, 5.74) is -3.23. The molecule has 2 N–H and O–H groups in total. The molecule has 1 aromatic heterocycles. The summed E-state index contributed by atoms with van der Waals surface area (Å²) in [6.07, 6.45) is -11.2. The molecule has 0 aliphatic carbocycles. The topological polar surface area (TPSA) is 121 Å². The van der Waals surface area contributed by atoms with Crippen LogP contribution in [0.25, 0.3) is 0 Å². The maximum atomic E-state index is 14.0. The van der Waals surface area contributed by atoms with Crippen molar-refractivity contribution >= 4 is 34.9 Å². The van der Waals surface area contributed by atoms with Gasteiger partial charge in [0.05, 0.1) is 41.2 Å². The number of halogens is 6. The van der Waals surface area contributed by atoms with Crippen LogP contribution < -0.4 is 15.5 Å². The third kappa shape index (κ3) is 8.44. The van der Waals surface area contributed by atoms with E-state index in [1.807, 2.05) is 0 Å². The summed E-state index contributed by atoms with van der Waals surface area (Å²) in [6, 6.07) is 11.0. The maximum Gasteiger partial charge on any atom is 0.416 e. The SMILES string of the molecule is C[C@H](NC(=O)Cc1cc(C(F)(F)F)cc(C(F)(F)F)c1)C(=O)NC1N=C(c2ccccn2)c2ccccc2N(CC(=O)C(C)(C)C)C1=O. The van der Waals surface area contributed by atoms with E-state index in [2.05, 4.69) is 20.6 Å². The minimum Gasteiger partial charge on any atom is -0.344 e. The zero-order valence-corrected chi connectivity index (χ0v) is 26.2. The highest BCUT2D eigenvalue weighted by Gasteiger charge is 2.38. The predicted molar refractivity (Wildman–Crippen MR) is 163 cm³/mol. The fourth-order valence-electron chi connectivity index (χ4n) is 4.70. The van der Waals surface area contributed by atoms with Gasteiger partial charge in [-0.15, -0.1) is 0 Å². The van der Waals surface area contributed by atoms with Gasteiger partial charge in [0.2, 0.25) is 18.0 Å². The highest BCUT2D eigenvalue weighted by atomic mass is 19.4. The standard InChI is InChI=1S/C33H31F6N5O4/c1-18(41-26(46)15-19-13-20(32(34,35)36)16-21(14-19)33(37,38)39)29(47)43-28-30(48)44(17-25(45)31(2,3)4)24-11-6-5-9-22(24)27(42-28)23-10-7-8-12-40-23/h5-14,16,18,28H,15,17H2,1-4H3,(H,41,46)(H,43,47)/t18-,28?/m0/s1. The monoisotopic (exact) mass is 675 g/mol. The summed E-state index contributed by atoms with van der Waals surface area (Å²) in [5, 5.41) is 4.68. The van der Waals surface area contributed by atoms with Gasteiger partial charge >= 0.3 is 12.4 Å². The average Bonchev–Trinajstić information content (AvgIpc) is 3.10. The fourth-order valence-corrected chi connectivity index (χ4v) is 4.70. The van der Waals surface area contributed by atoms with E-state index in [4.69, 9.17) is 0 Å². The summed E-state index contributed by atoms with van der Waals surface area (Å²) in [7, 11) is 0. The van der Waals surface area contributed by atoms with Crippen molar-refractivity contribution in [1.29, 1.82) is 0 Å². The molecule has 0 radical (unpaired) electrons. The zero-order chi connectivity index (χ0) is 35.6. The molecule has 3 amide bonds. The Balaban J connectivity index is 1.61. The van der Waals surface area contributed by atoms with Crippen LogP contribution in [0.5, 0.6) is 0 Å². The molecule has 0 saturated carbocycles. The molecule has 0 spiro atoms. The number of benzene rings is 2. The van der Waals surface area contributed by atoms with E-state index >= 15 is 0 Å². The summed E-state index contributed by atoms with van der Waals surface area (Å²) in [5.74, 6) is -3.07. The van der Waals surface area contributed by atoms with Crippen LogP contribution in [0.1, 0.15) is 55.6 Å². The molecule has 0 bridgehead atoms. The fraction of sp³-hybridized carbons (Fsp3) is 0.333. The lowest BCUT2D eigenvalue weighted by atomic mass is 9.90. The van der Waals surface area contributed by atoms with Crippen LogP contribution >= 0.6 is 0 Å². The number of Topliss-reactive ketones (excluding diaryl/α,β-unsaturated/α-hetero) is 1. The number of aliphatic imine (C=N–C) groups is 1. The van der Waals surface area contributed by atoms with E-state index in [1.54, 1.807) is 63.2 Å². The smallest absolute Gasteiger partial charge is 0.344 e. The number of benzodiazepines with no additional fused rings is 1. The Morgan fingerprint density at radius 3 is 2.06 bits per heavy atom. The van der Waals surface area contributed by atoms with Crippen molar-refractivity contribution in [2.45, 2.75) is 58.7 Å². The van der Waals surface area contributed by atoms with Crippen molar-refractivity contribution in [3.8, 4) is 0 Å². The molecule has 3 aromatic rings. The lowest BCUT2D eigenvalue weighted by molar-refractivity contribution is -0.143. The Bertz CT molecular complexity index is 1720. The highest BCUT2D eigenvalue weighted by Crippen LogP contribution is 2.36. The zero-order valence-electron chi connectivity index (χ0n) is 26.2. The van der Waals surface area contributed by atoms with Gasteiger partial charge in [0.1, 0.15) is 6.04 Å². The van der Waals surface area contributed by atoms with Crippen molar-refractivity contribution in [2.24, 2.45) is 10.4 Å². The van der Waals surface area contributed by atoms with Crippen molar-refractivity contribution in [3.05, 3.63) is 94.8 Å². The molecule has 2 aromatic carbocycles. The number of ketones is 1. The number of hydrogen-bond donors (Lipinski definition) is 2. The van der Waals surface area contributed by atoms with E-state index in [1.165, 1.54) is 18.0 Å². The molecular formula is C33H31F6N5O4. The van der Waals surface area contributed by atoms with Crippen LogP contribution in [-0.2, 0) is 38.0 Å². The van der Waals surface area contributed by atoms with Crippen LogP contribution in [0.2, 0.25) is 0 Å². The van der Waals surface area contributed by atoms with Gasteiger partial charge < -0.3 is 15.5 Å². The number of carbonyl (C=O) groups excluding carboxylic acids is 4. The van der Waals surface area contributed by atoms with E-state index in [0.717, 1.165) is 0 Å². The Morgan fingerprint density at radius 1 is 0.896 bits per heavy atom. The first kappa shape index (κ1) is 35.8. The first-order valence-electron chi connectivity index (χ1n) is 14.6. The Kier molecular flexibility index (Phi) is 10.1. The summed E-state index contributed by atoms with van der Waals surface area (Å²) >= 11 is 0. The molecule has 4 rings (SSSR count). The Labute approximate surface area is 271 Å². The van der Waals surface area contributed by atoms with Crippen LogP contribution in [0.15, 0.2) is 71.9 Å². The largest absolute Gasteiger partial charge is 0.416 e. The lowest BCUT2D eigenvalue weighted by Crippen LogP contribution is -2.54. The molecule has 1 aliphatic heterocycles. The molecule has 48 heavy (non-hydrogen) atoms. The van der Waals surface area contributed by atoms with Crippen molar-refractivity contribution in [2.75, 3.05) is 11.4 Å². The highest BCUT2D eigenvalue weighted by molar-refractivity contribution is 6.20. The molecule has 1 aliphatic rings. The van der Waals surface area contributed by atoms with Gasteiger partial charge in [-0.2, -0.15) is 26.3 Å². The summed E-state index contributed by atoms with van der Waals surface area (Å²) in [4.78, 5) is 63.1. The molecule has 254 valence electrons. The molecular weight excluding hydrogens is 644 g/mol. The van der Waals surface area contributed by atoms with E-state index < -0.39 is 70.8 Å². The number of pyridine rings is 1. The number of aromatic nitrogens is 1. The Hall–Kier alpha value is -5.08. The van der Waals surface area contributed by atoms with Gasteiger partial charge in [0, 0.05) is 17.2 Å². The molecule has 0 saturated heterocycles. The van der Waals surface area contributed by atoms with Crippen molar-refractivity contribution in [3.63, 3.8) is 0 Å². The molecule has 9 nitrogen and oxygen atoms in total. The van der Waals surface area contributed by atoms with Crippen molar-refractivity contribution in [1.82, 2.24) is 15.6 Å². The number of para-hydroxylation sites is 1. The number of amides is 3. The second-order valence-electron chi connectivity index (χ2n) is 12.1. The maximum absolute atomic E-state index is 14.0. The number of nitrogens with zero attached hydrogens (tertiary/aromatic N) is 3. The number of hydrogen-bond acceptors (Lipinski definition) is 6. The minimum atomic E-state index is -5.11. The van der Waals surface area contributed by atoms with Gasteiger partial charge in [0.25, 0.3) is 5.91 Å². The number of fused-ring (bicyclic) bond motifs is 1. The molecule has 2 heterocycles. The number of alkyl halides is 6. The molecule has 0 fully saturated rings.